The smallest absolute Gasteiger partial charge is 0.347 e. The SMILES string of the molecule is Cc1ccc(C(c2cnc[nH]2)N2CCC(N(Cc3ccccc3-c3ccccc3)C(=O)Nc3ccccc3)CC2)cc1C(F)(F)F. The molecule has 1 fully saturated rings. The molecule has 5 aromatic rings. The molecule has 9 heteroatoms. The summed E-state index contributed by atoms with van der Waals surface area (Å²) in [5.41, 5.74) is 4.73. The molecule has 1 unspecified atom stereocenters. The molecule has 236 valence electrons. The number of rotatable bonds is 8. The van der Waals surface area contributed by atoms with E-state index in [0.717, 1.165) is 22.4 Å². The van der Waals surface area contributed by atoms with Gasteiger partial charge in [-0.2, -0.15) is 13.2 Å². The molecular weight excluding hydrogens is 587 g/mol. The fourth-order valence-corrected chi connectivity index (χ4v) is 6.40. The molecule has 0 radical (unpaired) electrons. The lowest BCUT2D eigenvalue weighted by Gasteiger charge is -2.41. The van der Waals surface area contributed by atoms with E-state index in [4.69, 9.17) is 0 Å². The number of carbonyl (C=O) groups excluding carboxylic acids is 1. The van der Waals surface area contributed by atoms with Crippen molar-refractivity contribution < 1.29 is 18.0 Å². The van der Waals surface area contributed by atoms with Crippen LogP contribution in [0.15, 0.2) is 116 Å². The van der Waals surface area contributed by atoms with E-state index in [1.54, 1.807) is 18.6 Å². The van der Waals surface area contributed by atoms with Gasteiger partial charge in [0.1, 0.15) is 0 Å². The van der Waals surface area contributed by atoms with Gasteiger partial charge in [-0.1, -0.05) is 84.9 Å². The van der Waals surface area contributed by atoms with Gasteiger partial charge >= 0.3 is 12.2 Å². The summed E-state index contributed by atoms with van der Waals surface area (Å²) in [6, 6.07) is 31.5. The minimum absolute atomic E-state index is 0.0880. The summed E-state index contributed by atoms with van der Waals surface area (Å²) in [5, 5.41) is 3.08. The standard InChI is InChI=1S/C37H36F3N5O/c1-26-16-17-28(22-33(26)37(38,39)40)35(34-23-41-25-42-34)44-20-18-31(19-21-44)45(36(46)43-30-13-6-3-7-14-30)24-29-12-8-9-15-32(29)27-10-4-2-5-11-27/h2-17,22-23,25,31,35H,18-21,24H2,1H3,(H,41,42)(H,43,46). The van der Waals surface area contributed by atoms with E-state index in [2.05, 4.69) is 44.5 Å². The highest BCUT2D eigenvalue weighted by molar-refractivity contribution is 5.89. The van der Waals surface area contributed by atoms with Crippen LogP contribution >= 0.6 is 0 Å². The largest absolute Gasteiger partial charge is 0.416 e. The first-order chi connectivity index (χ1) is 22.3. The fraction of sp³-hybridized carbons (Fsp3) is 0.243. The zero-order valence-electron chi connectivity index (χ0n) is 25.5. The maximum absolute atomic E-state index is 13.9. The lowest BCUT2D eigenvalue weighted by molar-refractivity contribution is -0.138. The van der Waals surface area contributed by atoms with E-state index in [-0.39, 0.29) is 17.6 Å². The number of nitrogens with zero attached hydrogens (tertiary/aromatic N) is 3. The molecule has 6 nitrogen and oxygen atoms in total. The second-order valence-electron chi connectivity index (χ2n) is 11.7. The van der Waals surface area contributed by atoms with Gasteiger partial charge in [-0.3, -0.25) is 4.90 Å². The predicted molar refractivity (Wildman–Crippen MR) is 174 cm³/mol. The molecule has 0 saturated carbocycles. The number of aromatic nitrogens is 2. The average molecular weight is 624 g/mol. The number of hydrogen-bond acceptors (Lipinski definition) is 3. The van der Waals surface area contributed by atoms with Crippen molar-refractivity contribution in [3.63, 3.8) is 0 Å². The van der Waals surface area contributed by atoms with Crippen LogP contribution in [0.3, 0.4) is 0 Å². The molecule has 1 aromatic heterocycles. The number of aryl methyl sites for hydroxylation is 1. The number of anilines is 1. The minimum atomic E-state index is -4.45. The summed E-state index contributed by atoms with van der Waals surface area (Å²) in [7, 11) is 0. The minimum Gasteiger partial charge on any atom is -0.347 e. The Morgan fingerprint density at radius 2 is 1.63 bits per heavy atom. The Labute approximate surface area is 266 Å². The Hall–Kier alpha value is -4.89. The lowest BCUT2D eigenvalue weighted by Crippen LogP contribution is -2.49. The number of likely N-dealkylation sites (tertiary alicyclic amines) is 1. The number of imidazole rings is 1. The lowest BCUT2D eigenvalue weighted by atomic mass is 9.93. The third-order valence-electron chi connectivity index (χ3n) is 8.73. The molecule has 0 bridgehead atoms. The zero-order chi connectivity index (χ0) is 32.1. The van der Waals surface area contributed by atoms with Crippen LogP contribution in [0.2, 0.25) is 0 Å². The van der Waals surface area contributed by atoms with Gasteiger partial charge in [-0.05, 0) is 65.8 Å². The van der Waals surface area contributed by atoms with Gasteiger partial charge in [0.15, 0.2) is 0 Å². The van der Waals surface area contributed by atoms with E-state index >= 15 is 0 Å². The molecule has 6 rings (SSSR count). The van der Waals surface area contributed by atoms with Crippen molar-refractivity contribution in [3.8, 4) is 11.1 Å². The first kappa shape index (κ1) is 31.1. The number of benzene rings is 4. The van der Waals surface area contributed by atoms with Crippen LogP contribution in [0.5, 0.6) is 0 Å². The van der Waals surface area contributed by atoms with Crippen LogP contribution in [0, 0.1) is 6.92 Å². The van der Waals surface area contributed by atoms with Gasteiger partial charge in [0, 0.05) is 37.6 Å². The number of carbonyl (C=O) groups is 1. The first-order valence-electron chi connectivity index (χ1n) is 15.4. The number of alkyl halides is 3. The number of piperidine rings is 1. The summed E-state index contributed by atoms with van der Waals surface area (Å²) < 4.78 is 41.7. The predicted octanol–water partition coefficient (Wildman–Crippen LogP) is 8.69. The van der Waals surface area contributed by atoms with Crippen molar-refractivity contribution in [2.75, 3.05) is 18.4 Å². The molecule has 2 heterocycles. The van der Waals surface area contributed by atoms with Crippen LogP contribution in [0.25, 0.3) is 11.1 Å². The molecule has 1 aliphatic rings. The van der Waals surface area contributed by atoms with E-state index < -0.39 is 17.8 Å². The van der Waals surface area contributed by atoms with Crippen LogP contribution in [-0.4, -0.2) is 44.9 Å². The fourth-order valence-electron chi connectivity index (χ4n) is 6.40. The highest BCUT2D eigenvalue weighted by Crippen LogP contribution is 2.37. The molecular formula is C37H36F3N5O. The Bertz CT molecular complexity index is 1730. The Kier molecular flexibility index (Phi) is 9.21. The van der Waals surface area contributed by atoms with E-state index in [1.807, 2.05) is 65.6 Å². The van der Waals surface area contributed by atoms with Crippen molar-refractivity contribution in [2.45, 2.75) is 44.6 Å². The molecule has 46 heavy (non-hydrogen) atoms. The summed E-state index contributed by atoms with van der Waals surface area (Å²) in [6.07, 6.45) is 0.0722. The normalized spacial score (nSPS) is 15.0. The number of nitrogens with one attached hydrogen (secondary N) is 2. The van der Waals surface area contributed by atoms with Crippen LogP contribution < -0.4 is 5.32 Å². The summed E-state index contributed by atoms with van der Waals surface area (Å²) in [4.78, 5) is 25.3. The van der Waals surface area contributed by atoms with Crippen LogP contribution in [0.4, 0.5) is 23.7 Å². The maximum atomic E-state index is 13.9. The van der Waals surface area contributed by atoms with Gasteiger partial charge in [-0.25, -0.2) is 9.78 Å². The molecule has 0 aliphatic carbocycles. The van der Waals surface area contributed by atoms with Crippen molar-refractivity contribution in [2.24, 2.45) is 0 Å². The first-order valence-corrected chi connectivity index (χ1v) is 15.4. The second kappa shape index (κ2) is 13.6. The van der Waals surface area contributed by atoms with Crippen molar-refractivity contribution in [3.05, 3.63) is 144 Å². The molecule has 2 N–H and O–H groups in total. The maximum Gasteiger partial charge on any atom is 0.416 e. The average Bonchev–Trinajstić information content (AvgIpc) is 3.60. The molecule has 1 saturated heterocycles. The number of hydrogen-bond donors (Lipinski definition) is 2. The molecule has 1 aliphatic heterocycles. The van der Waals surface area contributed by atoms with Gasteiger partial charge in [0.05, 0.1) is 23.6 Å². The summed E-state index contributed by atoms with van der Waals surface area (Å²) >= 11 is 0. The summed E-state index contributed by atoms with van der Waals surface area (Å²) in [5.74, 6) is 0. The van der Waals surface area contributed by atoms with E-state index in [9.17, 15) is 18.0 Å². The Balaban J connectivity index is 1.27. The molecule has 1 atom stereocenters. The Morgan fingerprint density at radius 3 is 2.30 bits per heavy atom. The van der Waals surface area contributed by atoms with Crippen LogP contribution in [0.1, 0.15) is 46.8 Å². The highest BCUT2D eigenvalue weighted by atomic mass is 19.4. The van der Waals surface area contributed by atoms with Gasteiger partial charge < -0.3 is 15.2 Å². The number of aromatic amines is 1. The topological polar surface area (TPSA) is 64.3 Å². The van der Waals surface area contributed by atoms with Crippen LogP contribution in [-0.2, 0) is 12.7 Å². The van der Waals surface area contributed by atoms with E-state index in [1.165, 1.54) is 19.1 Å². The van der Waals surface area contributed by atoms with E-state index in [0.29, 0.717) is 43.7 Å². The van der Waals surface area contributed by atoms with Gasteiger partial charge in [-0.15, -0.1) is 0 Å². The molecule has 0 spiro atoms. The summed E-state index contributed by atoms with van der Waals surface area (Å²) in [6.45, 7) is 3.05. The second-order valence-corrected chi connectivity index (χ2v) is 11.7. The van der Waals surface area contributed by atoms with Crippen molar-refractivity contribution >= 4 is 11.7 Å². The number of amides is 2. The monoisotopic (exact) mass is 623 g/mol. The number of H-pyrrole nitrogens is 1. The molecule has 2 amide bonds. The number of urea groups is 1. The highest BCUT2D eigenvalue weighted by Gasteiger charge is 2.36. The van der Waals surface area contributed by atoms with Gasteiger partial charge in [0.2, 0.25) is 0 Å². The Morgan fingerprint density at radius 1 is 0.957 bits per heavy atom. The van der Waals surface area contributed by atoms with Gasteiger partial charge in [0.25, 0.3) is 0 Å². The third kappa shape index (κ3) is 7.00. The third-order valence-corrected chi connectivity index (χ3v) is 8.73. The number of para-hydroxylation sites is 1. The number of halogens is 3. The zero-order valence-corrected chi connectivity index (χ0v) is 25.5. The van der Waals surface area contributed by atoms with Crippen molar-refractivity contribution in [1.82, 2.24) is 19.8 Å². The quantitative estimate of drug-likeness (QED) is 0.182. The molecule has 4 aromatic carbocycles. The van der Waals surface area contributed by atoms with Crippen molar-refractivity contribution in [1.29, 1.82) is 0 Å².